The number of carbonyl (C=O) groups excluding carboxylic acids is 1. The number of carbonyl (C=O) groups is 1. The maximum Gasteiger partial charge on any atom is 0.272 e. The zero-order chi connectivity index (χ0) is 18.1. The highest BCUT2D eigenvalue weighted by Crippen LogP contribution is 2.28. The van der Waals surface area contributed by atoms with E-state index in [4.69, 9.17) is 0 Å². The van der Waals surface area contributed by atoms with E-state index in [0.29, 0.717) is 25.1 Å². The third kappa shape index (κ3) is 2.81. The van der Waals surface area contributed by atoms with Crippen molar-refractivity contribution in [3.8, 4) is 5.69 Å². The van der Waals surface area contributed by atoms with Crippen molar-refractivity contribution in [3.05, 3.63) is 81.9 Å². The number of hydrogen-bond donors (Lipinski definition) is 0. The molecule has 0 aliphatic carbocycles. The van der Waals surface area contributed by atoms with Gasteiger partial charge in [0.2, 0.25) is 0 Å². The molecule has 8 nitrogen and oxygen atoms in total. The first-order valence-electron chi connectivity index (χ1n) is 8.13. The number of benzene rings is 2. The highest BCUT2D eigenvalue weighted by molar-refractivity contribution is 5.94. The van der Waals surface area contributed by atoms with Crippen LogP contribution in [0.4, 0.5) is 5.69 Å². The standard InChI is InChI=1S/C18H15N5O3/c24-18(13-4-6-15(7-5-13)22-11-19-20-12-22)21-9-8-16-14(10-21)2-1-3-17(16)23(25)26/h1-7,11-12H,8-10H2. The van der Waals surface area contributed by atoms with E-state index in [-0.39, 0.29) is 16.5 Å². The summed E-state index contributed by atoms with van der Waals surface area (Å²) >= 11 is 0. The maximum absolute atomic E-state index is 12.8. The van der Waals surface area contributed by atoms with Crippen molar-refractivity contribution in [1.82, 2.24) is 19.7 Å². The number of nitrogens with zero attached hydrogens (tertiary/aromatic N) is 5. The van der Waals surface area contributed by atoms with Gasteiger partial charge in [0.1, 0.15) is 12.7 Å². The largest absolute Gasteiger partial charge is 0.334 e. The molecular weight excluding hydrogens is 334 g/mol. The van der Waals surface area contributed by atoms with Gasteiger partial charge in [-0.05, 0) is 36.2 Å². The van der Waals surface area contributed by atoms with E-state index >= 15 is 0 Å². The molecule has 8 heteroatoms. The smallest absolute Gasteiger partial charge is 0.272 e. The summed E-state index contributed by atoms with van der Waals surface area (Å²) in [7, 11) is 0. The van der Waals surface area contributed by atoms with Gasteiger partial charge >= 0.3 is 0 Å². The predicted octanol–water partition coefficient (Wildman–Crippen LogP) is 2.37. The van der Waals surface area contributed by atoms with Crippen LogP contribution in [-0.4, -0.2) is 37.0 Å². The molecule has 0 fully saturated rings. The molecule has 2 heterocycles. The van der Waals surface area contributed by atoms with Gasteiger partial charge in [0.05, 0.1) is 4.92 Å². The van der Waals surface area contributed by atoms with Gasteiger partial charge in [-0.3, -0.25) is 19.5 Å². The summed E-state index contributed by atoms with van der Waals surface area (Å²) in [6.45, 7) is 0.840. The number of amides is 1. The van der Waals surface area contributed by atoms with Crippen molar-refractivity contribution in [2.45, 2.75) is 13.0 Å². The Morgan fingerprint density at radius 2 is 1.81 bits per heavy atom. The Labute approximate surface area is 148 Å². The van der Waals surface area contributed by atoms with E-state index in [1.54, 1.807) is 40.3 Å². The summed E-state index contributed by atoms with van der Waals surface area (Å²) in [5.74, 6) is -0.0857. The van der Waals surface area contributed by atoms with Crippen molar-refractivity contribution >= 4 is 11.6 Å². The molecule has 0 radical (unpaired) electrons. The van der Waals surface area contributed by atoms with Gasteiger partial charge in [0.15, 0.2) is 0 Å². The lowest BCUT2D eigenvalue weighted by Crippen LogP contribution is -2.36. The molecule has 1 aliphatic heterocycles. The Balaban J connectivity index is 1.55. The molecule has 4 rings (SSSR count). The number of fused-ring (bicyclic) bond motifs is 1. The Kier molecular flexibility index (Phi) is 3.92. The number of aromatic nitrogens is 3. The van der Waals surface area contributed by atoms with Crippen LogP contribution >= 0.6 is 0 Å². The molecule has 3 aromatic rings. The van der Waals surface area contributed by atoms with Gasteiger partial charge in [-0.1, -0.05) is 12.1 Å². The van der Waals surface area contributed by atoms with Crippen molar-refractivity contribution in [2.24, 2.45) is 0 Å². The highest BCUT2D eigenvalue weighted by Gasteiger charge is 2.26. The number of nitro benzene ring substituents is 1. The highest BCUT2D eigenvalue weighted by atomic mass is 16.6. The second kappa shape index (κ2) is 6.40. The molecule has 0 saturated carbocycles. The van der Waals surface area contributed by atoms with Crippen LogP contribution in [0.3, 0.4) is 0 Å². The first-order valence-corrected chi connectivity index (χ1v) is 8.13. The lowest BCUT2D eigenvalue weighted by Gasteiger charge is -2.28. The third-order valence-electron chi connectivity index (χ3n) is 4.56. The predicted molar refractivity (Wildman–Crippen MR) is 92.9 cm³/mol. The van der Waals surface area contributed by atoms with E-state index in [9.17, 15) is 14.9 Å². The quantitative estimate of drug-likeness (QED) is 0.534. The number of nitro groups is 1. The monoisotopic (exact) mass is 349 g/mol. The van der Waals surface area contributed by atoms with Crippen LogP contribution in [0.25, 0.3) is 5.69 Å². The molecule has 130 valence electrons. The van der Waals surface area contributed by atoms with E-state index in [2.05, 4.69) is 10.2 Å². The molecule has 0 saturated heterocycles. The first-order chi connectivity index (χ1) is 12.6. The maximum atomic E-state index is 12.8. The Hall–Kier alpha value is -3.55. The molecule has 0 N–H and O–H groups in total. The molecule has 1 amide bonds. The second-order valence-electron chi connectivity index (χ2n) is 6.06. The molecule has 0 bridgehead atoms. The minimum absolute atomic E-state index is 0.0857. The van der Waals surface area contributed by atoms with Crippen LogP contribution in [0.5, 0.6) is 0 Å². The third-order valence-corrected chi connectivity index (χ3v) is 4.56. The first kappa shape index (κ1) is 15.9. The molecule has 26 heavy (non-hydrogen) atoms. The van der Waals surface area contributed by atoms with Crippen molar-refractivity contribution < 1.29 is 9.72 Å². The summed E-state index contributed by atoms with van der Waals surface area (Å²) in [5, 5.41) is 18.7. The summed E-state index contributed by atoms with van der Waals surface area (Å²) in [6.07, 6.45) is 3.66. The van der Waals surface area contributed by atoms with Crippen molar-refractivity contribution in [2.75, 3.05) is 6.54 Å². The normalized spacial score (nSPS) is 13.3. The van der Waals surface area contributed by atoms with Crippen LogP contribution < -0.4 is 0 Å². The lowest BCUT2D eigenvalue weighted by atomic mass is 9.97. The van der Waals surface area contributed by atoms with E-state index in [1.165, 1.54) is 6.07 Å². The minimum Gasteiger partial charge on any atom is -0.334 e. The van der Waals surface area contributed by atoms with Crippen LogP contribution in [0, 0.1) is 10.1 Å². The second-order valence-corrected chi connectivity index (χ2v) is 6.06. The van der Waals surface area contributed by atoms with E-state index in [0.717, 1.165) is 16.8 Å². The fourth-order valence-electron chi connectivity index (χ4n) is 3.23. The van der Waals surface area contributed by atoms with E-state index in [1.807, 2.05) is 18.2 Å². The number of hydrogen-bond acceptors (Lipinski definition) is 5. The average molecular weight is 349 g/mol. The minimum atomic E-state index is -0.361. The molecule has 2 aromatic carbocycles. The zero-order valence-electron chi connectivity index (χ0n) is 13.8. The number of rotatable bonds is 3. The van der Waals surface area contributed by atoms with Gasteiger partial charge in [0.25, 0.3) is 11.6 Å². The van der Waals surface area contributed by atoms with Gasteiger partial charge in [-0.15, -0.1) is 10.2 Å². The average Bonchev–Trinajstić information content (AvgIpc) is 3.21. The molecule has 0 unspecified atom stereocenters. The van der Waals surface area contributed by atoms with Crippen LogP contribution in [0.15, 0.2) is 55.1 Å². The molecule has 1 aromatic heterocycles. The van der Waals surface area contributed by atoms with Crippen LogP contribution in [-0.2, 0) is 13.0 Å². The summed E-state index contributed by atoms with van der Waals surface area (Å²) in [4.78, 5) is 25.3. The molecule has 1 aliphatic rings. The molecular formula is C18H15N5O3. The summed E-state index contributed by atoms with van der Waals surface area (Å²) < 4.78 is 1.75. The van der Waals surface area contributed by atoms with Gasteiger partial charge < -0.3 is 4.90 Å². The van der Waals surface area contributed by atoms with Gasteiger partial charge in [-0.25, -0.2) is 0 Å². The SMILES string of the molecule is O=C(c1ccc(-n2cnnc2)cc1)N1CCc2c(cccc2[N+](=O)[O-])C1. The van der Waals surface area contributed by atoms with Gasteiger partial charge in [0, 0.05) is 36.0 Å². The lowest BCUT2D eigenvalue weighted by molar-refractivity contribution is -0.385. The molecule has 0 atom stereocenters. The van der Waals surface area contributed by atoms with Crippen LogP contribution in [0.1, 0.15) is 21.5 Å². The van der Waals surface area contributed by atoms with Crippen molar-refractivity contribution in [3.63, 3.8) is 0 Å². The zero-order valence-corrected chi connectivity index (χ0v) is 13.8. The Morgan fingerprint density at radius 3 is 2.50 bits per heavy atom. The summed E-state index contributed by atoms with van der Waals surface area (Å²) in [5.41, 5.74) is 3.14. The fourth-order valence-corrected chi connectivity index (χ4v) is 3.23. The summed E-state index contributed by atoms with van der Waals surface area (Å²) in [6, 6.07) is 12.2. The van der Waals surface area contributed by atoms with Crippen molar-refractivity contribution in [1.29, 1.82) is 0 Å². The van der Waals surface area contributed by atoms with Crippen LogP contribution in [0.2, 0.25) is 0 Å². The molecule has 0 spiro atoms. The van der Waals surface area contributed by atoms with E-state index < -0.39 is 0 Å². The fraction of sp³-hybridized carbons (Fsp3) is 0.167. The van der Waals surface area contributed by atoms with Gasteiger partial charge in [-0.2, -0.15) is 0 Å². The Bertz CT molecular complexity index is 967. The Morgan fingerprint density at radius 1 is 1.08 bits per heavy atom. The topological polar surface area (TPSA) is 94.2 Å².